The van der Waals surface area contributed by atoms with Gasteiger partial charge in [0.15, 0.2) is 0 Å². The lowest BCUT2D eigenvalue weighted by atomic mass is 10.0. The van der Waals surface area contributed by atoms with Gasteiger partial charge >= 0.3 is 0 Å². The van der Waals surface area contributed by atoms with Gasteiger partial charge in [0, 0.05) is 6.04 Å². The van der Waals surface area contributed by atoms with Crippen LogP contribution in [-0.2, 0) is 4.79 Å². The number of rotatable bonds is 5. The van der Waals surface area contributed by atoms with Gasteiger partial charge in [0.1, 0.15) is 5.82 Å². The summed E-state index contributed by atoms with van der Waals surface area (Å²) in [5.74, 6) is -0.617. The zero-order chi connectivity index (χ0) is 14.6. The van der Waals surface area contributed by atoms with E-state index in [2.05, 4.69) is 5.32 Å². The fraction of sp³-hybridized carbons (Fsp3) is 0.500. The Kier molecular flexibility index (Phi) is 5.03. The highest BCUT2D eigenvalue weighted by molar-refractivity contribution is 5.85. The van der Waals surface area contributed by atoms with Crippen LogP contribution in [0, 0.1) is 5.82 Å². The molecule has 0 aliphatic carbocycles. The number of halogens is 1. The predicted octanol–water partition coefficient (Wildman–Crippen LogP) is 1.49. The topological polar surface area (TPSA) is 75.3 Å². The van der Waals surface area contributed by atoms with Crippen molar-refractivity contribution in [2.45, 2.75) is 44.9 Å². The highest BCUT2D eigenvalue weighted by Crippen LogP contribution is 2.18. The molecule has 2 atom stereocenters. The van der Waals surface area contributed by atoms with Gasteiger partial charge in [-0.25, -0.2) is 4.39 Å². The molecule has 19 heavy (non-hydrogen) atoms. The van der Waals surface area contributed by atoms with E-state index in [4.69, 9.17) is 5.73 Å². The van der Waals surface area contributed by atoms with E-state index in [0.29, 0.717) is 12.0 Å². The van der Waals surface area contributed by atoms with Crippen LogP contribution >= 0.6 is 0 Å². The van der Waals surface area contributed by atoms with Crippen LogP contribution in [0.15, 0.2) is 24.3 Å². The van der Waals surface area contributed by atoms with Gasteiger partial charge in [-0.15, -0.1) is 0 Å². The van der Waals surface area contributed by atoms with E-state index < -0.39 is 11.6 Å². The third-order valence-electron chi connectivity index (χ3n) is 2.79. The number of hydrogen-bond acceptors (Lipinski definition) is 3. The highest BCUT2D eigenvalue weighted by Gasteiger charge is 2.24. The van der Waals surface area contributed by atoms with Crippen molar-refractivity contribution in [3.8, 4) is 0 Å². The summed E-state index contributed by atoms with van der Waals surface area (Å²) in [7, 11) is 0. The lowest BCUT2D eigenvalue weighted by Gasteiger charge is -2.23. The van der Waals surface area contributed by atoms with E-state index in [1.165, 1.54) is 24.3 Å². The molecule has 106 valence electrons. The van der Waals surface area contributed by atoms with E-state index in [1.807, 2.05) is 0 Å². The predicted molar refractivity (Wildman–Crippen MR) is 71.8 cm³/mol. The quantitative estimate of drug-likeness (QED) is 0.757. The third-order valence-corrected chi connectivity index (χ3v) is 2.79. The standard InChI is InChI=1S/C14H21FN2O2/c1-9(17-13(19)14(2,3)16)8-12(18)10-4-6-11(15)7-5-10/h4-7,9,12,18H,8,16H2,1-3H3,(H,17,19). The van der Waals surface area contributed by atoms with E-state index >= 15 is 0 Å². The first-order valence-corrected chi connectivity index (χ1v) is 6.23. The van der Waals surface area contributed by atoms with E-state index in [0.717, 1.165) is 0 Å². The first kappa shape index (κ1) is 15.6. The summed E-state index contributed by atoms with van der Waals surface area (Å²) in [4.78, 5) is 11.7. The molecule has 0 aliphatic rings. The van der Waals surface area contributed by atoms with Gasteiger partial charge < -0.3 is 16.2 Å². The molecule has 0 aliphatic heterocycles. The van der Waals surface area contributed by atoms with Crippen LogP contribution in [0.2, 0.25) is 0 Å². The smallest absolute Gasteiger partial charge is 0.239 e. The van der Waals surface area contributed by atoms with Gasteiger partial charge in [-0.05, 0) is 44.9 Å². The van der Waals surface area contributed by atoms with Crippen molar-refractivity contribution in [2.24, 2.45) is 5.73 Å². The molecule has 4 N–H and O–H groups in total. The van der Waals surface area contributed by atoms with Crippen LogP contribution in [0.5, 0.6) is 0 Å². The maximum absolute atomic E-state index is 12.8. The largest absolute Gasteiger partial charge is 0.388 e. The summed E-state index contributed by atoms with van der Waals surface area (Å²) < 4.78 is 12.8. The molecule has 1 amide bonds. The van der Waals surface area contributed by atoms with Crippen LogP contribution in [0.25, 0.3) is 0 Å². The summed E-state index contributed by atoms with van der Waals surface area (Å²) in [6.07, 6.45) is -0.412. The summed E-state index contributed by atoms with van der Waals surface area (Å²) in [5, 5.41) is 12.7. The molecule has 0 fully saturated rings. The molecule has 4 nitrogen and oxygen atoms in total. The fourth-order valence-corrected chi connectivity index (χ4v) is 1.62. The molecule has 0 heterocycles. The molecule has 0 radical (unpaired) electrons. The number of hydrogen-bond donors (Lipinski definition) is 3. The maximum atomic E-state index is 12.8. The highest BCUT2D eigenvalue weighted by atomic mass is 19.1. The molecule has 1 rings (SSSR count). The Morgan fingerprint density at radius 1 is 1.42 bits per heavy atom. The van der Waals surface area contributed by atoms with Gasteiger partial charge in [0.05, 0.1) is 11.6 Å². The van der Waals surface area contributed by atoms with E-state index in [9.17, 15) is 14.3 Å². The van der Waals surface area contributed by atoms with Crippen LogP contribution in [0.1, 0.15) is 38.9 Å². The zero-order valence-corrected chi connectivity index (χ0v) is 11.5. The second-order valence-electron chi connectivity index (χ2n) is 5.40. The van der Waals surface area contributed by atoms with Gasteiger partial charge in [0.25, 0.3) is 0 Å². The van der Waals surface area contributed by atoms with Crippen LogP contribution < -0.4 is 11.1 Å². The van der Waals surface area contributed by atoms with Crippen LogP contribution in [0.3, 0.4) is 0 Å². The molecule has 0 spiro atoms. The fourth-order valence-electron chi connectivity index (χ4n) is 1.62. The summed E-state index contributed by atoms with van der Waals surface area (Å²) >= 11 is 0. The summed E-state index contributed by atoms with van der Waals surface area (Å²) in [6, 6.07) is 5.42. The Hall–Kier alpha value is -1.46. The Morgan fingerprint density at radius 2 is 1.95 bits per heavy atom. The van der Waals surface area contributed by atoms with Crippen molar-refractivity contribution >= 4 is 5.91 Å². The molecule has 2 unspecified atom stereocenters. The average Bonchev–Trinajstić information content (AvgIpc) is 2.28. The number of nitrogens with one attached hydrogen (secondary N) is 1. The van der Waals surface area contributed by atoms with Crippen LogP contribution in [-0.4, -0.2) is 22.6 Å². The van der Waals surface area contributed by atoms with Crippen molar-refractivity contribution in [3.63, 3.8) is 0 Å². The normalized spacial score (nSPS) is 14.8. The monoisotopic (exact) mass is 268 g/mol. The second-order valence-corrected chi connectivity index (χ2v) is 5.40. The Labute approximate surface area is 112 Å². The second kappa shape index (κ2) is 6.12. The number of benzene rings is 1. The van der Waals surface area contributed by atoms with Crippen molar-refractivity contribution in [3.05, 3.63) is 35.6 Å². The minimum absolute atomic E-state index is 0.227. The van der Waals surface area contributed by atoms with Crippen molar-refractivity contribution in [1.82, 2.24) is 5.32 Å². The average molecular weight is 268 g/mol. The molecule has 5 heteroatoms. The van der Waals surface area contributed by atoms with Gasteiger partial charge in [-0.1, -0.05) is 12.1 Å². The maximum Gasteiger partial charge on any atom is 0.239 e. The van der Waals surface area contributed by atoms with Gasteiger partial charge in [-0.3, -0.25) is 4.79 Å². The Balaban J connectivity index is 2.55. The minimum Gasteiger partial charge on any atom is -0.388 e. The molecule has 0 bridgehead atoms. The molecular weight excluding hydrogens is 247 g/mol. The molecule has 1 aromatic rings. The lowest BCUT2D eigenvalue weighted by molar-refractivity contribution is -0.126. The number of amides is 1. The van der Waals surface area contributed by atoms with E-state index in [-0.39, 0.29) is 17.8 Å². The number of carbonyl (C=O) groups is 1. The molecule has 0 saturated heterocycles. The number of aliphatic hydroxyl groups excluding tert-OH is 1. The SMILES string of the molecule is CC(CC(O)c1ccc(F)cc1)NC(=O)C(C)(C)N. The summed E-state index contributed by atoms with van der Waals surface area (Å²) in [5.41, 5.74) is 5.34. The molecular formula is C14H21FN2O2. The Bertz CT molecular complexity index is 426. The first-order valence-electron chi connectivity index (χ1n) is 6.23. The molecule has 1 aromatic carbocycles. The Morgan fingerprint density at radius 3 is 2.42 bits per heavy atom. The van der Waals surface area contributed by atoms with Crippen molar-refractivity contribution < 1.29 is 14.3 Å². The van der Waals surface area contributed by atoms with Crippen molar-refractivity contribution in [2.75, 3.05) is 0 Å². The third kappa shape index (κ3) is 4.96. The lowest BCUT2D eigenvalue weighted by Crippen LogP contribution is -2.51. The number of nitrogens with two attached hydrogens (primary N) is 1. The van der Waals surface area contributed by atoms with Gasteiger partial charge in [-0.2, -0.15) is 0 Å². The number of aliphatic hydroxyl groups is 1. The summed E-state index contributed by atoms with van der Waals surface area (Å²) in [6.45, 7) is 5.02. The van der Waals surface area contributed by atoms with Gasteiger partial charge in [0.2, 0.25) is 5.91 Å². The van der Waals surface area contributed by atoms with Crippen LogP contribution in [0.4, 0.5) is 4.39 Å². The number of carbonyl (C=O) groups excluding carboxylic acids is 1. The molecule has 0 saturated carbocycles. The van der Waals surface area contributed by atoms with Crippen molar-refractivity contribution in [1.29, 1.82) is 0 Å². The molecule has 0 aromatic heterocycles. The van der Waals surface area contributed by atoms with E-state index in [1.54, 1.807) is 20.8 Å². The minimum atomic E-state index is -0.949. The zero-order valence-electron chi connectivity index (χ0n) is 11.5. The first-order chi connectivity index (χ1) is 8.70.